The molecule has 74 valence electrons. The molecule has 0 unspecified atom stereocenters. The standard InChI is InChI=1S/C8H14N2O2S/c1-7-8(6-9)4-3-5-10(7)13(2,11)12/h7-8H,3-5H2,1-2H3/t7-,8+/m1/s1. The van der Waals surface area contributed by atoms with Crippen molar-refractivity contribution in [1.29, 1.82) is 5.26 Å². The summed E-state index contributed by atoms with van der Waals surface area (Å²) in [4.78, 5) is 0. The van der Waals surface area contributed by atoms with Gasteiger partial charge in [-0.05, 0) is 19.8 Å². The molecule has 0 aromatic rings. The first-order valence-corrected chi connectivity index (χ1v) is 6.18. The van der Waals surface area contributed by atoms with E-state index in [1.165, 1.54) is 10.6 Å². The van der Waals surface area contributed by atoms with Crippen LogP contribution in [0.3, 0.4) is 0 Å². The maximum atomic E-state index is 11.3. The minimum atomic E-state index is -3.14. The summed E-state index contributed by atoms with van der Waals surface area (Å²) in [6.07, 6.45) is 2.79. The Hall–Kier alpha value is -0.600. The first-order chi connectivity index (χ1) is 5.96. The van der Waals surface area contributed by atoms with Gasteiger partial charge in [-0.3, -0.25) is 0 Å². The van der Waals surface area contributed by atoms with Crippen molar-refractivity contribution in [2.45, 2.75) is 25.8 Å². The molecule has 5 heteroatoms. The minimum Gasteiger partial charge on any atom is -0.212 e. The molecule has 1 aliphatic rings. The predicted molar refractivity (Wildman–Crippen MR) is 49.3 cm³/mol. The first-order valence-electron chi connectivity index (χ1n) is 4.33. The number of piperidine rings is 1. The molecule has 1 fully saturated rings. The first kappa shape index (κ1) is 10.5. The molecule has 0 saturated carbocycles. The molecule has 0 aromatic carbocycles. The summed E-state index contributed by atoms with van der Waals surface area (Å²) < 4.78 is 24.0. The van der Waals surface area contributed by atoms with Gasteiger partial charge in [0.1, 0.15) is 0 Å². The lowest BCUT2D eigenvalue weighted by Crippen LogP contribution is -2.45. The molecule has 0 amide bonds. The van der Waals surface area contributed by atoms with Crippen molar-refractivity contribution in [2.24, 2.45) is 5.92 Å². The second-order valence-corrected chi connectivity index (χ2v) is 5.43. The van der Waals surface area contributed by atoms with Crippen LogP contribution in [0.15, 0.2) is 0 Å². The van der Waals surface area contributed by atoms with E-state index >= 15 is 0 Å². The van der Waals surface area contributed by atoms with E-state index in [0.29, 0.717) is 6.54 Å². The highest BCUT2D eigenvalue weighted by Gasteiger charge is 2.32. The Kier molecular flexibility index (Phi) is 2.94. The molecule has 1 saturated heterocycles. The molecule has 0 N–H and O–H groups in total. The monoisotopic (exact) mass is 202 g/mol. The van der Waals surface area contributed by atoms with E-state index in [9.17, 15) is 8.42 Å². The highest BCUT2D eigenvalue weighted by atomic mass is 32.2. The molecular weight excluding hydrogens is 188 g/mol. The minimum absolute atomic E-state index is 0.150. The SMILES string of the molecule is C[C@@H]1[C@H](C#N)CCCN1S(C)(=O)=O. The van der Waals surface area contributed by atoms with Gasteiger partial charge in [-0.1, -0.05) is 0 Å². The van der Waals surface area contributed by atoms with Crippen molar-refractivity contribution in [3.05, 3.63) is 0 Å². The van der Waals surface area contributed by atoms with E-state index < -0.39 is 10.0 Å². The average molecular weight is 202 g/mol. The van der Waals surface area contributed by atoms with Crippen LogP contribution in [0.1, 0.15) is 19.8 Å². The van der Waals surface area contributed by atoms with Crippen LogP contribution in [-0.2, 0) is 10.0 Å². The van der Waals surface area contributed by atoms with Crippen LogP contribution < -0.4 is 0 Å². The van der Waals surface area contributed by atoms with Gasteiger partial charge in [0.25, 0.3) is 0 Å². The number of sulfonamides is 1. The van der Waals surface area contributed by atoms with E-state index in [-0.39, 0.29) is 12.0 Å². The zero-order chi connectivity index (χ0) is 10.1. The third-order valence-corrected chi connectivity index (χ3v) is 3.89. The van der Waals surface area contributed by atoms with E-state index in [1.54, 1.807) is 6.92 Å². The third-order valence-electron chi connectivity index (χ3n) is 2.52. The van der Waals surface area contributed by atoms with Gasteiger partial charge >= 0.3 is 0 Å². The molecular formula is C8H14N2O2S. The van der Waals surface area contributed by atoms with Gasteiger partial charge < -0.3 is 0 Å². The predicted octanol–water partition coefficient (Wildman–Crippen LogP) is 0.570. The lowest BCUT2D eigenvalue weighted by atomic mass is 9.94. The second-order valence-electron chi connectivity index (χ2n) is 3.49. The topological polar surface area (TPSA) is 61.2 Å². The third kappa shape index (κ3) is 2.20. The number of hydrogen-bond donors (Lipinski definition) is 0. The summed E-state index contributed by atoms with van der Waals surface area (Å²) in [6, 6.07) is 1.98. The maximum absolute atomic E-state index is 11.3. The largest absolute Gasteiger partial charge is 0.212 e. The summed E-state index contributed by atoms with van der Waals surface area (Å²) >= 11 is 0. The van der Waals surface area contributed by atoms with Crippen molar-refractivity contribution in [2.75, 3.05) is 12.8 Å². The normalized spacial score (nSPS) is 31.2. The lowest BCUT2D eigenvalue weighted by molar-refractivity contribution is 0.226. The molecule has 0 bridgehead atoms. The lowest BCUT2D eigenvalue weighted by Gasteiger charge is -2.34. The van der Waals surface area contributed by atoms with E-state index in [0.717, 1.165) is 12.8 Å². The van der Waals surface area contributed by atoms with Crippen molar-refractivity contribution >= 4 is 10.0 Å². The smallest absolute Gasteiger partial charge is 0.211 e. The Morgan fingerprint density at radius 1 is 1.54 bits per heavy atom. The van der Waals surface area contributed by atoms with Crippen molar-refractivity contribution in [3.63, 3.8) is 0 Å². The molecule has 2 atom stereocenters. The summed E-state index contributed by atoms with van der Waals surface area (Å²) in [7, 11) is -3.14. The molecule has 4 nitrogen and oxygen atoms in total. The summed E-state index contributed by atoms with van der Waals surface area (Å²) in [6.45, 7) is 2.35. The Balaban J connectivity index is 2.84. The fourth-order valence-electron chi connectivity index (χ4n) is 1.75. The van der Waals surface area contributed by atoms with Crippen LogP contribution in [0, 0.1) is 17.2 Å². The maximum Gasteiger partial charge on any atom is 0.211 e. The fourth-order valence-corrected chi connectivity index (χ4v) is 2.96. The van der Waals surface area contributed by atoms with Crippen LogP contribution in [0.5, 0.6) is 0 Å². The van der Waals surface area contributed by atoms with Gasteiger partial charge in [0.2, 0.25) is 10.0 Å². The van der Waals surface area contributed by atoms with Crippen molar-refractivity contribution in [3.8, 4) is 6.07 Å². The molecule has 1 aliphatic heterocycles. The second kappa shape index (κ2) is 3.64. The quantitative estimate of drug-likeness (QED) is 0.624. The van der Waals surface area contributed by atoms with E-state index in [4.69, 9.17) is 5.26 Å². The summed E-state index contributed by atoms with van der Waals surface area (Å²) in [5, 5.41) is 8.77. The zero-order valence-corrected chi connectivity index (χ0v) is 8.71. The van der Waals surface area contributed by atoms with E-state index in [2.05, 4.69) is 6.07 Å². The summed E-state index contributed by atoms with van der Waals surface area (Å²) in [5.74, 6) is -0.150. The van der Waals surface area contributed by atoms with Crippen LogP contribution in [0.2, 0.25) is 0 Å². The van der Waals surface area contributed by atoms with Crippen LogP contribution in [0.4, 0.5) is 0 Å². The highest BCUT2D eigenvalue weighted by Crippen LogP contribution is 2.24. The van der Waals surface area contributed by atoms with Gasteiger partial charge in [-0.25, -0.2) is 8.42 Å². The van der Waals surface area contributed by atoms with Gasteiger partial charge in [0, 0.05) is 12.6 Å². The number of nitriles is 1. The molecule has 0 spiro atoms. The number of nitrogens with zero attached hydrogens (tertiary/aromatic N) is 2. The van der Waals surface area contributed by atoms with Gasteiger partial charge in [-0.2, -0.15) is 9.57 Å². The van der Waals surface area contributed by atoms with Crippen LogP contribution >= 0.6 is 0 Å². The van der Waals surface area contributed by atoms with Crippen LogP contribution in [0.25, 0.3) is 0 Å². The number of rotatable bonds is 1. The van der Waals surface area contributed by atoms with Gasteiger partial charge in [0.05, 0.1) is 18.2 Å². The molecule has 13 heavy (non-hydrogen) atoms. The molecule has 0 radical (unpaired) electrons. The zero-order valence-electron chi connectivity index (χ0n) is 7.90. The van der Waals surface area contributed by atoms with Gasteiger partial charge in [0.15, 0.2) is 0 Å². The van der Waals surface area contributed by atoms with Crippen molar-refractivity contribution < 1.29 is 8.42 Å². The van der Waals surface area contributed by atoms with Crippen molar-refractivity contribution in [1.82, 2.24) is 4.31 Å². The van der Waals surface area contributed by atoms with Gasteiger partial charge in [-0.15, -0.1) is 0 Å². The van der Waals surface area contributed by atoms with Crippen LogP contribution in [-0.4, -0.2) is 31.6 Å². The fraction of sp³-hybridized carbons (Fsp3) is 0.875. The number of hydrogen-bond acceptors (Lipinski definition) is 3. The molecule has 0 aromatic heterocycles. The Morgan fingerprint density at radius 2 is 2.15 bits per heavy atom. The molecule has 1 heterocycles. The molecule has 1 rings (SSSR count). The Labute approximate surface area is 79.2 Å². The summed E-state index contributed by atoms with van der Waals surface area (Å²) in [5.41, 5.74) is 0. The average Bonchev–Trinajstić information content (AvgIpc) is 2.02. The Morgan fingerprint density at radius 3 is 2.62 bits per heavy atom. The highest BCUT2D eigenvalue weighted by molar-refractivity contribution is 7.88. The van der Waals surface area contributed by atoms with E-state index in [1.807, 2.05) is 0 Å². The Bertz CT molecular complexity index is 318. The molecule has 0 aliphatic carbocycles.